The molecule has 1 aromatic heterocycles. The van der Waals surface area contributed by atoms with Gasteiger partial charge in [-0.25, -0.2) is 4.79 Å². The molecular weight excluding hydrogens is 424 g/mol. The van der Waals surface area contributed by atoms with Crippen LogP contribution in [0.5, 0.6) is 0 Å². The first-order valence-corrected chi connectivity index (χ1v) is 11.4. The zero-order chi connectivity index (χ0) is 20.5. The number of β-lactam (4-membered cyclic amide) rings is 1. The van der Waals surface area contributed by atoms with Gasteiger partial charge in [0.2, 0.25) is 5.91 Å². The minimum absolute atomic E-state index is 0.155. The Morgan fingerprint density at radius 3 is 2.79 bits per heavy atom. The second-order valence-corrected chi connectivity index (χ2v) is 9.41. The van der Waals surface area contributed by atoms with Gasteiger partial charge in [0.25, 0.3) is 5.91 Å². The van der Waals surface area contributed by atoms with Crippen LogP contribution in [0.2, 0.25) is 0 Å². The van der Waals surface area contributed by atoms with E-state index in [2.05, 4.69) is 5.32 Å². The molecule has 2 N–H and O–H groups in total. The molecule has 1 fully saturated rings. The van der Waals surface area contributed by atoms with Crippen LogP contribution in [0.3, 0.4) is 0 Å². The van der Waals surface area contributed by atoms with Crippen molar-refractivity contribution in [2.45, 2.75) is 23.6 Å². The summed E-state index contributed by atoms with van der Waals surface area (Å²) in [7, 11) is 0. The summed E-state index contributed by atoms with van der Waals surface area (Å²) in [6.45, 7) is 1.05. The fraction of sp³-hybridized carbons (Fsp3) is 0.412. The van der Waals surface area contributed by atoms with Crippen molar-refractivity contribution in [1.29, 1.82) is 0 Å². The lowest BCUT2D eigenvalue weighted by Crippen LogP contribution is -2.77. The molecule has 1 saturated heterocycles. The second-order valence-electron chi connectivity index (χ2n) is 6.14. The number of carboxylic acid groups (broad SMARTS) is 1. The van der Waals surface area contributed by atoms with Crippen molar-refractivity contribution in [2.75, 3.05) is 18.6 Å². The number of aliphatic carboxylic acids is 1. The quantitative estimate of drug-likeness (QED) is 0.480. The van der Waals surface area contributed by atoms with Gasteiger partial charge < -0.3 is 15.2 Å². The summed E-state index contributed by atoms with van der Waals surface area (Å²) in [4.78, 5) is 49.3. The predicted molar refractivity (Wildman–Crippen MR) is 107 cm³/mol. The molecule has 2 aliphatic rings. The molecular formula is C17H18N2O6S3. The maximum atomic E-state index is 12.8. The van der Waals surface area contributed by atoms with Gasteiger partial charge in [-0.15, -0.1) is 23.5 Å². The third-order valence-electron chi connectivity index (χ3n) is 4.35. The van der Waals surface area contributed by atoms with Crippen molar-refractivity contribution in [3.63, 3.8) is 0 Å². The Morgan fingerprint density at radius 1 is 1.46 bits per heavy atom. The van der Waals surface area contributed by atoms with E-state index in [1.807, 2.05) is 16.8 Å². The Balaban J connectivity index is 1.82. The minimum Gasteiger partial charge on any atom is -0.477 e. The van der Waals surface area contributed by atoms with Crippen LogP contribution in [0.25, 0.3) is 0 Å². The standard InChI is InChI=1S/C17H18N2O6S3/c1-9(20)25-6-11-8-28-17(26-2)14(15(22)19(17)13(11)16(23)24)18-12(21)5-10-3-4-27-7-10/h3-4,7,14H,5-6,8H2,1-2H3,(H,18,21)(H,23,24)/t14?,17-/m1/s1. The molecule has 2 amide bonds. The first kappa shape index (κ1) is 20.7. The molecule has 2 aliphatic heterocycles. The van der Waals surface area contributed by atoms with Crippen LogP contribution < -0.4 is 5.32 Å². The average molecular weight is 443 g/mol. The smallest absolute Gasteiger partial charge is 0.352 e. The summed E-state index contributed by atoms with van der Waals surface area (Å²) < 4.78 is 4.00. The van der Waals surface area contributed by atoms with Crippen LogP contribution in [-0.2, 0) is 30.3 Å². The minimum atomic E-state index is -1.27. The molecule has 0 radical (unpaired) electrons. The summed E-state index contributed by atoms with van der Waals surface area (Å²) in [6.07, 6.45) is 1.92. The van der Waals surface area contributed by atoms with E-state index in [4.69, 9.17) is 4.74 Å². The van der Waals surface area contributed by atoms with Gasteiger partial charge in [-0.1, -0.05) is 0 Å². The molecule has 1 aromatic rings. The van der Waals surface area contributed by atoms with Crippen LogP contribution >= 0.6 is 34.9 Å². The lowest BCUT2D eigenvalue weighted by atomic mass is 10.0. The molecule has 11 heteroatoms. The average Bonchev–Trinajstić information content (AvgIpc) is 3.15. The summed E-state index contributed by atoms with van der Waals surface area (Å²) in [5.74, 6) is -2.30. The molecule has 0 aliphatic carbocycles. The van der Waals surface area contributed by atoms with Crippen molar-refractivity contribution < 1.29 is 29.0 Å². The third-order valence-corrected chi connectivity index (χ3v) is 8.26. The monoisotopic (exact) mass is 442 g/mol. The number of nitrogens with zero attached hydrogens (tertiary/aromatic N) is 1. The van der Waals surface area contributed by atoms with E-state index in [1.165, 1.54) is 46.7 Å². The van der Waals surface area contributed by atoms with Gasteiger partial charge in [0, 0.05) is 18.2 Å². The lowest BCUT2D eigenvalue weighted by molar-refractivity contribution is -0.152. The fourth-order valence-electron chi connectivity index (χ4n) is 3.09. The lowest BCUT2D eigenvalue weighted by Gasteiger charge is -2.57. The van der Waals surface area contributed by atoms with E-state index >= 15 is 0 Å². The van der Waals surface area contributed by atoms with Gasteiger partial charge in [-0.05, 0) is 28.6 Å². The molecule has 150 valence electrons. The molecule has 8 nitrogen and oxygen atoms in total. The van der Waals surface area contributed by atoms with Gasteiger partial charge >= 0.3 is 11.9 Å². The van der Waals surface area contributed by atoms with E-state index < -0.39 is 28.1 Å². The maximum absolute atomic E-state index is 12.8. The maximum Gasteiger partial charge on any atom is 0.352 e. The second kappa shape index (κ2) is 8.18. The highest BCUT2D eigenvalue weighted by atomic mass is 32.2. The number of carbonyl (C=O) groups is 4. The van der Waals surface area contributed by atoms with Crippen molar-refractivity contribution in [2.24, 2.45) is 0 Å². The van der Waals surface area contributed by atoms with Gasteiger partial charge in [-0.3, -0.25) is 19.3 Å². The number of thiophene rings is 1. The van der Waals surface area contributed by atoms with Gasteiger partial charge in [0.05, 0.1) is 6.42 Å². The zero-order valence-electron chi connectivity index (χ0n) is 15.1. The zero-order valence-corrected chi connectivity index (χ0v) is 17.5. The first-order chi connectivity index (χ1) is 13.3. The Morgan fingerprint density at radius 2 is 2.21 bits per heavy atom. The summed E-state index contributed by atoms with van der Waals surface area (Å²) >= 11 is 4.13. The third kappa shape index (κ3) is 3.65. The highest BCUT2D eigenvalue weighted by Crippen LogP contribution is 2.55. The Kier molecular flexibility index (Phi) is 6.06. The van der Waals surface area contributed by atoms with Crippen molar-refractivity contribution in [1.82, 2.24) is 10.2 Å². The number of carboxylic acids is 1. The molecule has 3 rings (SSSR count). The number of amides is 2. The van der Waals surface area contributed by atoms with Gasteiger partial charge in [0.15, 0.2) is 10.2 Å². The number of esters is 1. The van der Waals surface area contributed by atoms with Gasteiger partial charge in [-0.2, -0.15) is 11.3 Å². The Hall–Kier alpha value is -1.98. The molecule has 0 bridgehead atoms. The fourth-order valence-corrected chi connectivity index (χ4v) is 6.40. The number of rotatable bonds is 7. The van der Waals surface area contributed by atoms with E-state index in [-0.39, 0.29) is 30.4 Å². The highest BCUT2D eigenvalue weighted by molar-refractivity contribution is 8.18. The molecule has 0 spiro atoms. The predicted octanol–water partition coefficient (Wildman–Crippen LogP) is 1.28. The van der Waals surface area contributed by atoms with E-state index in [9.17, 15) is 24.3 Å². The van der Waals surface area contributed by atoms with Crippen molar-refractivity contribution in [3.05, 3.63) is 33.7 Å². The summed E-state index contributed by atoms with van der Waals surface area (Å²) in [5, 5.41) is 16.1. The van der Waals surface area contributed by atoms with E-state index in [1.54, 1.807) is 6.26 Å². The van der Waals surface area contributed by atoms with Crippen molar-refractivity contribution in [3.8, 4) is 0 Å². The number of ether oxygens (including phenoxy) is 1. The normalized spacial score (nSPS) is 23.7. The number of fused-ring (bicyclic) bond motifs is 1. The molecule has 1 unspecified atom stereocenters. The SMILES string of the molecule is CS[C@]12SCC(COC(C)=O)=C(C(=O)O)N1C(=O)C2NC(=O)Cc1ccsc1. The number of hydrogen-bond acceptors (Lipinski definition) is 8. The number of nitrogens with one attached hydrogen (secondary N) is 1. The molecule has 28 heavy (non-hydrogen) atoms. The Labute approximate surface area is 173 Å². The Bertz CT molecular complexity index is 853. The summed E-state index contributed by atoms with van der Waals surface area (Å²) in [6, 6.07) is 1.01. The van der Waals surface area contributed by atoms with Gasteiger partial charge in [0.1, 0.15) is 12.3 Å². The number of carbonyl (C=O) groups excluding carboxylic acids is 3. The number of hydrogen-bond donors (Lipinski definition) is 2. The molecule has 2 atom stereocenters. The molecule has 0 aromatic carbocycles. The molecule has 0 saturated carbocycles. The van der Waals surface area contributed by atoms with Crippen LogP contribution in [0, 0.1) is 0 Å². The largest absolute Gasteiger partial charge is 0.477 e. The van der Waals surface area contributed by atoms with Crippen LogP contribution in [0.1, 0.15) is 12.5 Å². The van der Waals surface area contributed by atoms with Crippen LogP contribution in [-0.4, -0.2) is 62.6 Å². The van der Waals surface area contributed by atoms with E-state index in [0.717, 1.165) is 5.56 Å². The highest BCUT2D eigenvalue weighted by Gasteiger charge is 2.65. The van der Waals surface area contributed by atoms with E-state index in [0.29, 0.717) is 5.57 Å². The first-order valence-electron chi connectivity index (χ1n) is 8.22. The topological polar surface area (TPSA) is 113 Å². The number of thioether (sulfide) groups is 2. The van der Waals surface area contributed by atoms with Crippen molar-refractivity contribution >= 4 is 58.6 Å². The van der Waals surface area contributed by atoms with Crippen LogP contribution in [0.15, 0.2) is 28.1 Å². The summed E-state index contributed by atoms with van der Waals surface area (Å²) in [5.41, 5.74) is 1.03. The van der Waals surface area contributed by atoms with Crippen LogP contribution in [0.4, 0.5) is 0 Å². The molecule has 3 heterocycles.